The molecule has 30 heavy (non-hydrogen) atoms. The Morgan fingerprint density at radius 2 is 1.47 bits per heavy atom. The quantitative estimate of drug-likeness (QED) is 0.342. The number of carbonyl (C=O) groups excluding carboxylic acids is 1. The highest BCUT2D eigenvalue weighted by atomic mass is 16.6. The summed E-state index contributed by atoms with van der Waals surface area (Å²) in [7, 11) is 1.35. The van der Waals surface area contributed by atoms with Gasteiger partial charge in [-0.25, -0.2) is 4.79 Å². The molecule has 0 saturated heterocycles. The van der Waals surface area contributed by atoms with Crippen molar-refractivity contribution in [2.75, 3.05) is 12.0 Å². The molecule has 6 heteroatoms. The molecule has 0 aromatic heterocycles. The lowest BCUT2D eigenvalue weighted by Crippen LogP contribution is -2.29. The van der Waals surface area contributed by atoms with Gasteiger partial charge >= 0.3 is 5.97 Å². The number of nitrogens with zero attached hydrogens (tertiary/aromatic N) is 2. The molecule has 4 rings (SSSR count). The fourth-order valence-corrected chi connectivity index (χ4v) is 3.92. The lowest BCUT2D eigenvalue weighted by molar-refractivity contribution is -0.384. The molecule has 6 nitrogen and oxygen atoms in total. The summed E-state index contributed by atoms with van der Waals surface area (Å²) < 4.78 is 5.06. The Kier molecular flexibility index (Phi) is 5.30. The maximum atomic E-state index is 12.7. The molecule has 1 aliphatic rings. The van der Waals surface area contributed by atoms with Crippen LogP contribution < -0.4 is 4.90 Å². The SMILES string of the molecule is COC(=O)C1=C[C@H](c2ccccc2)[C@@H](c2ccccc2)N1c1ccc([N+](=O)[O-])cc1. The molecule has 0 unspecified atom stereocenters. The van der Waals surface area contributed by atoms with Crippen molar-refractivity contribution < 1.29 is 14.5 Å². The fourth-order valence-electron chi connectivity index (χ4n) is 3.92. The van der Waals surface area contributed by atoms with Crippen LogP contribution in [0.25, 0.3) is 0 Å². The third kappa shape index (κ3) is 3.55. The summed E-state index contributed by atoms with van der Waals surface area (Å²) in [5.74, 6) is -0.550. The smallest absolute Gasteiger partial charge is 0.354 e. The van der Waals surface area contributed by atoms with E-state index in [9.17, 15) is 14.9 Å². The van der Waals surface area contributed by atoms with Gasteiger partial charge in [-0.05, 0) is 29.3 Å². The number of nitro benzene ring substituents is 1. The number of ether oxygens (including phenoxy) is 1. The first-order valence-electron chi connectivity index (χ1n) is 9.54. The lowest BCUT2D eigenvalue weighted by atomic mass is 9.88. The minimum absolute atomic E-state index is 0.00239. The van der Waals surface area contributed by atoms with Crippen molar-refractivity contribution in [1.82, 2.24) is 0 Å². The molecule has 3 aromatic carbocycles. The number of hydrogen-bond donors (Lipinski definition) is 0. The maximum Gasteiger partial charge on any atom is 0.354 e. The molecule has 0 aliphatic carbocycles. The number of nitro groups is 1. The molecule has 0 bridgehead atoms. The molecule has 0 N–H and O–H groups in total. The average molecular weight is 400 g/mol. The van der Waals surface area contributed by atoms with Crippen LogP contribution in [0.2, 0.25) is 0 Å². The van der Waals surface area contributed by atoms with Crippen molar-refractivity contribution in [3.63, 3.8) is 0 Å². The van der Waals surface area contributed by atoms with E-state index in [-0.39, 0.29) is 17.6 Å². The van der Waals surface area contributed by atoms with Gasteiger partial charge in [-0.1, -0.05) is 60.7 Å². The van der Waals surface area contributed by atoms with Crippen LogP contribution in [0.4, 0.5) is 11.4 Å². The molecule has 1 heterocycles. The van der Waals surface area contributed by atoms with Gasteiger partial charge in [0.2, 0.25) is 0 Å². The van der Waals surface area contributed by atoms with Gasteiger partial charge in [0.25, 0.3) is 5.69 Å². The maximum absolute atomic E-state index is 12.7. The molecule has 0 spiro atoms. The van der Waals surface area contributed by atoms with Gasteiger partial charge < -0.3 is 9.64 Å². The zero-order valence-electron chi connectivity index (χ0n) is 16.3. The van der Waals surface area contributed by atoms with E-state index in [0.29, 0.717) is 11.4 Å². The monoisotopic (exact) mass is 400 g/mol. The number of benzene rings is 3. The first-order chi connectivity index (χ1) is 14.6. The summed E-state index contributed by atoms with van der Waals surface area (Å²) in [4.78, 5) is 25.2. The Bertz CT molecular complexity index is 1080. The van der Waals surface area contributed by atoms with E-state index in [1.807, 2.05) is 71.6 Å². The highest BCUT2D eigenvalue weighted by molar-refractivity contribution is 5.94. The number of hydrogen-bond acceptors (Lipinski definition) is 5. The second kappa shape index (κ2) is 8.21. The minimum Gasteiger partial charge on any atom is -0.464 e. The molecule has 0 radical (unpaired) electrons. The van der Waals surface area contributed by atoms with Crippen LogP contribution in [0.5, 0.6) is 0 Å². The Labute approximate surface area is 174 Å². The summed E-state index contributed by atoms with van der Waals surface area (Å²) in [6.45, 7) is 0. The predicted molar refractivity (Wildman–Crippen MR) is 114 cm³/mol. The van der Waals surface area contributed by atoms with Gasteiger partial charge in [0.1, 0.15) is 5.70 Å². The third-order valence-corrected chi connectivity index (χ3v) is 5.27. The summed E-state index contributed by atoms with van der Waals surface area (Å²) >= 11 is 0. The molecule has 3 aromatic rings. The van der Waals surface area contributed by atoms with Crippen LogP contribution in [0.1, 0.15) is 23.1 Å². The summed E-state index contributed by atoms with van der Waals surface area (Å²) in [6, 6.07) is 25.9. The van der Waals surface area contributed by atoms with Gasteiger partial charge in [0.05, 0.1) is 18.1 Å². The van der Waals surface area contributed by atoms with Crippen molar-refractivity contribution in [3.8, 4) is 0 Å². The van der Waals surface area contributed by atoms with E-state index in [1.54, 1.807) is 12.1 Å². The van der Waals surface area contributed by atoms with Crippen molar-refractivity contribution in [1.29, 1.82) is 0 Å². The Morgan fingerprint density at radius 3 is 2.00 bits per heavy atom. The molecule has 150 valence electrons. The van der Waals surface area contributed by atoms with Gasteiger partial charge in [-0.3, -0.25) is 10.1 Å². The van der Waals surface area contributed by atoms with Crippen LogP contribution in [-0.2, 0) is 9.53 Å². The van der Waals surface area contributed by atoms with Crippen LogP contribution in [0, 0.1) is 10.1 Å². The van der Waals surface area contributed by atoms with Crippen molar-refractivity contribution >= 4 is 17.3 Å². The third-order valence-electron chi connectivity index (χ3n) is 5.27. The Morgan fingerprint density at radius 1 is 0.900 bits per heavy atom. The minimum atomic E-state index is -0.451. The summed E-state index contributed by atoms with van der Waals surface area (Å²) in [5.41, 5.74) is 3.19. The number of methoxy groups -OCH3 is 1. The first-order valence-corrected chi connectivity index (χ1v) is 9.54. The molecule has 1 aliphatic heterocycles. The fraction of sp³-hybridized carbons (Fsp3) is 0.125. The Hall–Kier alpha value is -3.93. The average Bonchev–Trinajstić information content (AvgIpc) is 3.20. The molecular weight excluding hydrogens is 380 g/mol. The highest BCUT2D eigenvalue weighted by Gasteiger charge is 2.40. The topological polar surface area (TPSA) is 72.7 Å². The number of rotatable bonds is 5. The normalized spacial score (nSPS) is 18.0. The number of carbonyl (C=O) groups is 1. The van der Waals surface area contributed by atoms with Crippen LogP contribution >= 0.6 is 0 Å². The van der Waals surface area contributed by atoms with Crippen LogP contribution in [-0.4, -0.2) is 18.0 Å². The molecule has 0 saturated carbocycles. The second-order valence-corrected chi connectivity index (χ2v) is 6.98. The molecule has 0 fully saturated rings. The number of non-ortho nitro benzene ring substituents is 1. The van der Waals surface area contributed by atoms with E-state index in [0.717, 1.165) is 11.1 Å². The van der Waals surface area contributed by atoms with Crippen LogP contribution in [0.3, 0.4) is 0 Å². The van der Waals surface area contributed by atoms with Crippen molar-refractivity contribution in [2.45, 2.75) is 12.0 Å². The van der Waals surface area contributed by atoms with E-state index in [1.165, 1.54) is 19.2 Å². The van der Waals surface area contributed by atoms with E-state index < -0.39 is 10.9 Å². The molecular formula is C24H20N2O4. The summed E-state index contributed by atoms with van der Waals surface area (Å²) in [6.07, 6.45) is 1.92. The van der Waals surface area contributed by atoms with Gasteiger partial charge in [-0.2, -0.15) is 0 Å². The van der Waals surface area contributed by atoms with E-state index in [2.05, 4.69) is 0 Å². The lowest BCUT2D eigenvalue weighted by Gasteiger charge is -2.32. The van der Waals surface area contributed by atoms with Gasteiger partial charge in [0.15, 0.2) is 0 Å². The predicted octanol–water partition coefficient (Wildman–Crippen LogP) is 5.00. The van der Waals surface area contributed by atoms with Crippen molar-refractivity contribution in [2.24, 2.45) is 0 Å². The van der Waals surface area contributed by atoms with Gasteiger partial charge in [-0.15, -0.1) is 0 Å². The number of esters is 1. The standard InChI is InChI=1S/C24H20N2O4/c1-30-24(27)22-16-21(17-8-4-2-5-9-17)23(18-10-6-3-7-11-18)25(22)19-12-14-20(15-13-19)26(28)29/h2-16,21,23H,1H3/t21-,23-/m1/s1. The highest BCUT2D eigenvalue weighted by Crippen LogP contribution is 2.47. The second-order valence-electron chi connectivity index (χ2n) is 6.98. The zero-order chi connectivity index (χ0) is 21.1. The van der Waals surface area contributed by atoms with E-state index in [4.69, 9.17) is 4.74 Å². The molecule has 2 atom stereocenters. The zero-order valence-corrected chi connectivity index (χ0v) is 16.3. The van der Waals surface area contributed by atoms with Crippen LogP contribution in [0.15, 0.2) is 96.7 Å². The largest absolute Gasteiger partial charge is 0.464 e. The first kappa shape index (κ1) is 19.4. The van der Waals surface area contributed by atoms with Crippen molar-refractivity contribution in [3.05, 3.63) is 118 Å². The number of anilines is 1. The van der Waals surface area contributed by atoms with E-state index >= 15 is 0 Å². The van der Waals surface area contributed by atoms with Gasteiger partial charge in [0, 0.05) is 23.7 Å². The molecule has 0 amide bonds. The summed E-state index contributed by atoms with van der Waals surface area (Å²) in [5, 5.41) is 11.1. The Balaban J connectivity index is 1.87.